The Hall–Kier alpha value is -0.340. The second kappa shape index (κ2) is 9.66. The molecule has 4 nitrogen and oxygen atoms in total. The maximum atomic E-state index is 10.3. The normalized spacial score (nSPS) is 7.73. The molecule has 0 rings (SSSR count). The Labute approximate surface area is 71.0 Å². The molecule has 0 aliphatic carbocycles. The molecule has 0 aromatic heterocycles. The van der Waals surface area contributed by atoms with E-state index in [2.05, 4.69) is 26.7 Å². The third-order valence-electron chi connectivity index (χ3n) is 0.883. The summed E-state index contributed by atoms with van der Waals surface area (Å²) >= 11 is 0. The van der Waals surface area contributed by atoms with Gasteiger partial charge in [0.1, 0.15) is 0 Å². The van der Waals surface area contributed by atoms with Crippen molar-refractivity contribution in [2.45, 2.75) is 6.92 Å². The first kappa shape index (κ1) is 13.3. The van der Waals surface area contributed by atoms with Gasteiger partial charge in [0.2, 0.25) is 0 Å². The molecule has 1 unspecified atom stereocenters. The summed E-state index contributed by atoms with van der Waals surface area (Å²) in [5.74, 6) is 0. The van der Waals surface area contributed by atoms with Crippen molar-refractivity contribution >= 4 is 15.4 Å². The quantitative estimate of drug-likeness (QED) is 0.568. The molecule has 0 bridgehead atoms. The third kappa shape index (κ3) is 12.8. The van der Waals surface area contributed by atoms with Gasteiger partial charge < -0.3 is 15.3 Å². The number of hydrogen-bond donors (Lipinski definition) is 2. The summed E-state index contributed by atoms with van der Waals surface area (Å²) in [6, 6.07) is -0.106. The van der Waals surface area contributed by atoms with Crippen LogP contribution in [-0.2, 0) is 0 Å². The fraction of sp³-hybridized carbons (Fsp3) is 0.833. The van der Waals surface area contributed by atoms with E-state index in [0.717, 1.165) is 6.54 Å². The third-order valence-corrected chi connectivity index (χ3v) is 1.13. The van der Waals surface area contributed by atoms with Gasteiger partial charge in [0.05, 0.1) is 0 Å². The zero-order chi connectivity index (χ0) is 9.28. The van der Waals surface area contributed by atoms with E-state index in [0.29, 0.717) is 0 Å². The van der Waals surface area contributed by atoms with Crippen molar-refractivity contribution in [3.63, 3.8) is 0 Å². The van der Waals surface area contributed by atoms with Crippen LogP contribution in [0.15, 0.2) is 0 Å². The molecule has 11 heavy (non-hydrogen) atoms. The monoisotopic (exact) mass is 179 g/mol. The van der Waals surface area contributed by atoms with Crippen molar-refractivity contribution < 1.29 is 4.79 Å². The molecule has 0 aromatic rings. The molecule has 0 heterocycles. The second-order valence-corrected chi connectivity index (χ2v) is 2.34. The second-order valence-electron chi connectivity index (χ2n) is 2.05. The highest BCUT2D eigenvalue weighted by Gasteiger charge is 1.94. The summed E-state index contributed by atoms with van der Waals surface area (Å²) in [6.45, 7) is 3.14. The number of amides is 2. The molecule has 2 amide bonds. The van der Waals surface area contributed by atoms with Crippen LogP contribution in [0.4, 0.5) is 4.79 Å². The van der Waals surface area contributed by atoms with E-state index >= 15 is 0 Å². The number of rotatable bonds is 1. The van der Waals surface area contributed by atoms with Crippen molar-refractivity contribution in [2.75, 3.05) is 27.7 Å². The molecule has 0 aromatic carbocycles. The average molecular weight is 179 g/mol. The van der Waals surface area contributed by atoms with Crippen LogP contribution in [0.2, 0.25) is 0 Å². The van der Waals surface area contributed by atoms with E-state index in [1.165, 1.54) is 4.90 Å². The SMILES string of the molecule is CCNC.CN(C)C(=O)NP. The van der Waals surface area contributed by atoms with Gasteiger partial charge in [-0.1, -0.05) is 6.92 Å². The largest absolute Gasteiger partial charge is 0.331 e. The van der Waals surface area contributed by atoms with Gasteiger partial charge in [-0.15, -0.1) is 0 Å². The van der Waals surface area contributed by atoms with E-state index in [1.807, 2.05) is 7.05 Å². The molecule has 0 saturated carbocycles. The summed E-state index contributed by atoms with van der Waals surface area (Å²) in [5.41, 5.74) is 0. The number of carbonyl (C=O) groups excluding carboxylic acids is 1. The lowest BCUT2D eigenvalue weighted by Gasteiger charge is -2.06. The molecule has 2 N–H and O–H groups in total. The maximum Gasteiger partial charge on any atom is 0.319 e. The first-order valence-corrected chi connectivity index (χ1v) is 4.00. The topological polar surface area (TPSA) is 44.4 Å². The number of carbonyl (C=O) groups is 1. The van der Waals surface area contributed by atoms with Crippen LogP contribution in [0, 0.1) is 0 Å². The molecule has 68 valence electrons. The zero-order valence-electron chi connectivity index (χ0n) is 7.64. The van der Waals surface area contributed by atoms with Crippen molar-refractivity contribution in [1.82, 2.24) is 15.3 Å². The van der Waals surface area contributed by atoms with E-state index in [9.17, 15) is 4.79 Å². The molecule has 0 spiro atoms. The Morgan fingerprint density at radius 1 is 1.55 bits per heavy atom. The highest BCUT2D eigenvalue weighted by Crippen LogP contribution is 1.77. The summed E-state index contributed by atoms with van der Waals surface area (Å²) in [5, 5.41) is 5.30. The molecule has 0 radical (unpaired) electrons. The lowest BCUT2D eigenvalue weighted by Crippen LogP contribution is -2.27. The van der Waals surface area contributed by atoms with Crippen LogP contribution in [0.25, 0.3) is 0 Å². The van der Waals surface area contributed by atoms with Gasteiger partial charge >= 0.3 is 6.03 Å². The lowest BCUT2D eigenvalue weighted by molar-refractivity contribution is 0.224. The number of nitrogens with zero attached hydrogens (tertiary/aromatic N) is 1. The Kier molecular flexibility index (Phi) is 11.6. The summed E-state index contributed by atoms with van der Waals surface area (Å²) in [7, 11) is 7.41. The van der Waals surface area contributed by atoms with Crippen molar-refractivity contribution in [2.24, 2.45) is 0 Å². The minimum absolute atomic E-state index is 0.106. The van der Waals surface area contributed by atoms with Crippen molar-refractivity contribution in [3.8, 4) is 0 Å². The molecule has 0 saturated heterocycles. The predicted octanol–water partition coefficient (Wildman–Crippen LogP) is 0.273. The van der Waals surface area contributed by atoms with Crippen LogP contribution in [0.5, 0.6) is 0 Å². The average Bonchev–Trinajstić information content (AvgIpc) is 2.03. The summed E-state index contributed by atoms with van der Waals surface area (Å²) in [4.78, 5) is 11.8. The van der Waals surface area contributed by atoms with Crippen LogP contribution in [0.1, 0.15) is 6.92 Å². The molecular formula is C6H18N3OP. The Morgan fingerprint density at radius 3 is 1.91 bits per heavy atom. The maximum absolute atomic E-state index is 10.3. The number of urea groups is 1. The fourth-order valence-corrected chi connectivity index (χ4v) is 0.387. The van der Waals surface area contributed by atoms with Gasteiger partial charge in [-0.05, 0) is 23.0 Å². The molecule has 0 fully saturated rings. The van der Waals surface area contributed by atoms with Gasteiger partial charge in [-0.25, -0.2) is 4.79 Å². The number of nitrogens with one attached hydrogen (secondary N) is 2. The Balaban J connectivity index is 0. The Bertz CT molecular complexity index is 95.8. The summed E-state index contributed by atoms with van der Waals surface area (Å²) in [6.07, 6.45) is 0. The smallest absolute Gasteiger partial charge is 0.319 e. The van der Waals surface area contributed by atoms with Crippen LogP contribution in [0.3, 0.4) is 0 Å². The first-order valence-electron chi connectivity index (χ1n) is 3.42. The summed E-state index contributed by atoms with van der Waals surface area (Å²) < 4.78 is 0. The van der Waals surface area contributed by atoms with Crippen molar-refractivity contribution in [1.29, 1.82) is 0 Å². The molecule has 0 aliphatic heterocycles. The first-order chi connectivity index (χ1) is 5.09. The van der Waals surface area contributed by atoms with Crippen molar-refractivity contribution in [3.05, 3.63) is 0 Å². The minimum Gasteiger partial charge on any atom is -0.331 e. The minimum atomic E-state index is -0.106. The van der Waals surface area contributed by atoms with Crippen LogP contribution in [-0.4, -0.2) is 38.6 Å². The van der Waals surface area contributed by atoms with Gasteiger partial charge in [0, 0.05) is 14.1 Å². The van der Waals surface area contributed by atoms with E-state index < -0.39 is 0 Å². The van der Waals surface area contributed by atoms with E-state index in [-0.39, 0.29) is 6.03 Å². The van der Waals surface area contributed by atoms with Gasteiger partial charge in [0.15, 0.2) is 0 Å². The standard InChI is InChI=1S/C3H9N2OP.C3H9N/c1-5(2)3(6)4-7;1-3-4-2/h7H2,1-2H3,(H,4,6);4H,3H2,1-2H3. The van der Waals surface area contributed by atoms with E-state index in [4.69, 9.17) is 0 Å². The highest BCUT2D eigenvalue weighted by molar-refractivity contribution is 7.15. The highest BCUT2D eigenvalue weighted by atomic mass is 31.0. The Morgan fingerprint density at radius 2 is 1.91 bits per heavy atom. The van der Waals surface area contributed by atoms with Crippen LogP contribution >= 0.6 is 9.39 Å². The van der Waals surface area contributed by atoms with Gasteiger partial charge in [0.25, 0.3) is 0 Å². The fourth-order valence-electron chi connectivity index (χ4n) is 0.129. The molecular weight excluding hydrogens is 161 g/mol. The molecule has 5 heteroatoms. The molecule has 0 aliphatic rings. The number of hydrogen-bond acceptors (Lipinski definition) is 2. The predicted molar refractivity (Wildman–Crippen MR) is 51.5 cm³/mol. The molecule has 1 atom stereocenters. The zero-order valence-corrected chi connectivity index (χ0v) is 8.79. The van der Waals surface area contributed by atoms with Gasteiger partial charge in [-0.2, -0.15) is 0 Å². The van der Waals surface area contributed by atoms with Gasteiger partial charge in [-0.3, -0.25) is 0 Å². The lowest BCUT2D eigenvalue weighted by atomic mass is 10.8. The van der Waals surface area contributed by atoms with E-state index in [1.54, 1.807) is 14.1 Å². The van der Waals surface area contributed by atoms with Crippen LogP contribution < -0.4 is 10.4 Å².